The van der Waals surface area contributed by atoms with Gasteiger partial charge in [0.2, 0.25) is 11.8 Å². The molecule has 0 unspecified atom stereocenters. The molecule has 220 valence electrons. The monoisotopic (exact) mass is 606 g/mol. The molecule has 0 bridgehead atoms. The molecule has 0 spiro atoms. The van der Waals surface area contributed by atoms with Crippen LogP contribution in [0.2, 0.25) is 0 Å². The summed E-state index contributed by atoms with van der Waals surface area (Å²) in [5, 5.41) is 14.3. The molecule has 0 aliphatic heterocycles. The molecule has 0 fully saturated rings. The number of rotatable bonds is 11. The van der Waals surface area contributed by atoms with Crippen LogP contribution in [0.15, 0.2) is 114 Å². The van der Waals surface area contributed by atoms with E-state index < -0.39 is 0 Å². The normalized spacial score (nSPS) is 10.8. The molecule has 0 saturated heterocycles. The molecular formula is C32H26N6O5S. The molecule has 11 nitrogen and oxygen atoms in total. The molecule has 6 aromatic rings. The van der Waals surface area contributed by atoms with E-state index in [2.05, 4.69) is 20.9 Å². The number of anilines is 2. The summed E-state index contributed by atoms with van der Waals surface area (Å²) in [5.41, 5.74) is 1.49. The third kappa shape index (κ3) is 7.17. The maximum atomic E-state index is 12.6. The van der Waals surface area contributed by atoms with Gasteiger partial charge in [0.25, 0.3) is 5.56 Å². The van der Waals surface area contributed by atoms with Gasteiger partial charge in [-0.05, 0) is 60.7 Å². The maximum absolute atomic E-state index is 12.6. The van der Waals surface area contributed by atoms with E-state index in [0.717, 1.165) is 10.4 Å². The van der Waals surface area contributed by atoms with Gasteiger partial charge in [-0.15, -0.1) is 5.10 Å². The fourth-order valence-electron chi connectivity index (χ4n) is 4.33. The molecule has 2 aromatic heterocycles. The van der Waals surface area contributed by atoms with Crippen LogP contribution in [0.3, 0.4) is 0 Å². The van der Waals surface area contributed by atoms with Crippen LogP contribution in [0.1, 0.15) is 5.69 Å². The molecule has 0 atom stereocenters. The van der Waals surface area contributed by atoms with E-state index >= 15 is 0 Å². The number of para-hydroxylation sites is 1. The van der Waals surface area contributed by atoms with Gasteiger partial charge in [0, 0.05) is 17.4 Å². The van der Waals surface area contributed by atoms with Gasteiger partial charge in [-0.2, -0.15) is 0 Å². The second kappa shape index (κ2) is 13.0. The van der Waals surface area contributed by atoms with Crippen LogP contribution >= 0.6 is 11.5 Å². The predicted octanol–water partition coefficient (Wildman–Crippen LogP) is 5.30. The number of ether oxygens (including phenoxy) is 2. The highest BCUT2D eigenvalue weighted by molar-refractivity contribution is 7.13. The number of hydrogen-bond acceptors (Lipinski definition) is 8. The minimum absolute atomic E-state index is 0.0281. The molecule has 4 aromatic carbocycles. The van der Waals surface area contributed by atoms with Gasteiger partial charge in [-0.3, -0.25) is 18.3 Å². The number of nitrogens with one attached hydrogen (secondary N) is 2. The Balaban J connectivity index is 0.974. The zero-order chi connectivity index (χ0) is 30.3. The molecule has 44 heavy (non-hydrogen) atoms. The molecule has 0 radical (unpaired) electrons. The Morgan fingerprint density at radius 2 is 1.45 bits per heavy atom. The Hall–Kier alpha value is -5.75. The smallest absolute Gasteiger partial charge is 0.268 e. The summed E-state index contributed by atoms with van der Waals surface area (Å²) < 4.78 is 15.3. The minimum Gasteiger partial charge on any atom is -0.487 e. The first-order valence-corrected chi connectivity index (χ1v) is 14.4. The molecule has 2 amide bonds. The first kappa shape index (κ1) is 28.4. The summed E-state index contributed by atoms with van der Waals surface area (Å²) in [5.74, 6) is 1.31. The zero-order valence-electron chi connectivity index (χ0n) is 23.3. The highest BCUT2D eigenvalue weighted by Gasteiger charge is 2.12. The summed E-state index contributed by atoms with van der Waals surface area (Å²) in [7, 11) is 0. The van der Waals surface area contributed by atoms with Crippen LogP contribution in [-0.4, -0.2) is 30.8 Å². The van der Waals surface area contributed by atoms with Crippen molar-refractivity contribution in [3.05, 3.63) is 125 Å². The van der Waals surface area contributed by atoms with Gasteiger partial charge in [0.05, 0.1) is 16.3 Å². The van der Waals surface area contributed by atoms with Crippen molar-refractivity contribution < 1.29 is 19.1 Å². The summed E-state index contributed by atoms with van der Waals surface area (Å²) >= 11 is 1.25. The lowest BCUT2D eigenvalue weighted by atomic mass is 10.3. The summed E-state index contributed by atoms with van der Waals surface area (Å²) in [6.07, 6.45) is 1.63. The van der Waals surface area contributed by atoms with Gasteiger partial charge in [0.1, 0.15) is 42.6 Å². The Bertz CT molecular complexity index is 1970. The number of aromatic nitrogens is 4. The van der Waals surface area contributed by atoms with Crippen molar-refractivity contribution in [2.45, 2.75) is 19.7 Å². The van der Waals surface area contributed by atoms with Gasteiger partial charge < -0.3 is 20.1 Å². The predicted molar refractivity (Wildman–Crippen MR) is 167 cm³/mol. The van der Waals surface area contributed by atoms with E-state index in [1.165, 1.54) is 20.2 Å². The number of nitrogens with zero attached hydrogens (tertiary/aromatic N) is 4. The molecule has 0 aliphatic carbocycles. The first-order chi connectivity index (χ1) is 21.5. The van der Waals surface area contributed by atoms with E-state index in [9.17, 15) is 14.4 Å². The highest BCUT2D eigenvalue weighted by Crippen LogP contribution is 2.23. The fourth-order valence-corrected chi connectivity index (χ4v) is 5.33. The number of benzene rings is 4. The number of carbonyl (C=O) groups excluding carboxylic acids is 2. The Labute approximate surface area is 255 Å². The van der Waals surface area contributed by atoms with Crippen molar-refractivity contribution in [1.82, 2.24) is 19.0 Å². The van der Waals surface area contributed by atoms with Crippen LogP contribution < -0.4 is 25.7 Å². The van der Waals surface area contributed by atoms with Crippen LogP contribution in [0.25, 0.3) is 10.1 Å². The second-order valence-corrected chi connectivity index (χ2v) is 10.8. The Morgan fingerprint density at radius 1 is 0.750 bits per heavy atom. The third-order valence-corrected chi connectivity index (χ3v) is 7.42. The highest BCUT2D eigenvalue weighted by atomic mass is 32.1. The van der Waals surface area contributed by atoms with E-state index in [-0.39, 0.29) is 37.1 Å². The van der Waals surface area contributed by atoms with Gasteiger partial charge in [0.15, 0.2) is 0 Å². The first-order valence-electron chi connectivity index (χ1n) is 13.6. The lowest BCUT2D eigenvalue weighted by molar-refractivity contribution is -0.117. The summed E-state index contributed by atoms with van der Waals surface area (Å²) in [4.78, 5) is 37.7. The van der Waals surface area contributed by atoms with Crippen molar-refractivity contribution in [2.24, 2.45) is 0 Å². The quantitative estimate of drug-likeness (QED) is 0.205. The number of fused-ring (bicyclic) bond motifs is 1. The van der Waals surface area contributed by atoms with Crippen molar-refractivity contribution in [3.63, 3.8) is 0 Å². The van der Waals surface area contributed by atoms with Crippen LogP contribution in [0.5, 0.6) is 17.2 Å². The molecular weight excluding hydrogens is 580 g/mol. The lowest BCUT2D eigenvalue weighted by Crippen LogP contribution is -2.23. The van der Waals surface area contributed by atoms with Crippen molar-refractivity contribution >= 4 is 44.8 Å². The van der Waals surface area contributed by atoms with Gasteiger partial charge in [-0.1, -0.05) is 53.1 Å². The minimum atomic E-state index is -0.325. The largest absolute Gasteiger partial charge is 0.487 e. The fraction of sp³-hybridized carbons (Fsp3) is 0.0938. The SMILES string of the molecule is O=C(Cn1cc(COc2cccc(NC(=O)Cn3sc4ccccc4c3=O)c2)nn1)Nc1ccc(Oc2ccccc2)cc1. The number of hydrogen-bond donors (Lipinski definition) is 2. The lowest BCUT2D eigenvalue weighted by Gasteiger charge is -2.08. The molecule has 6 rings (SSSR count). The van der Waals surface area contributed by atoms with E-state index in [1.54, 1.807) is 66.9 Å². The molecule has 2 N–H and O–H groups in total. The van der Waals surface area contributed by atoms with E-state index in [1.807, 2.05) is 42.5 Å². The van der Waals surface area contributed by atoms with Crippen LogP contribution in [-0.2, 0) is 29.3 Å². The van der Waals surface area contributed by atoms with Gasteiger partial charge >= 0.3 is 0 Å². The molecule has 0 aliphatic rings. The van der Waals surface area contributed by atoms with Crippen molar-refractivity contribution in [1.29, 1.82) is 0 Å². The molecule has 12 heteroatoms. The van der Waals surface area contributed by atoms with E-state index in [0.29, 0.717) is 34.0 Å². The molecule has 2 heterocycles. The number of amides is 2. The average Bonchev–Trinajstić information content (AvgIpc) is 3.61. The summed E-state index contributed by atoms with van der Waals surface area (Å²) in [6, 6.07) is 30.7. The van der Waals surface area contributed by atoms with Crippen molar-refractivity contribution in [2.75, 3.05) is 10.6 Å². The van der Waals surface area contributed by atoms with Crippen LogP contribution in [0, 0.1) is 0 Å². The number of carbonyl (C=O) groups is 2. The van der Waals surface area contributed by atoms with Gasteiger partial charge in [-0.25, -0.2) is 4.68 Å². The third-order valence-electron chi connectivity index (χ3n) is 6.35. The second-order valence-electron chi connectivity index (χ2n) is 9.69. The Morgan fingerprint density at radius 3 is 2.27 bits per heavy atom. The van der Waals surface area contributed by atoms with Crippen LogP contribution in [0.4, 0.5) is 11.4 Å². The molecule has 0 saturated carbocycles. The standard InChI is InChI=1S/C32H26N6O5S/c39-30(33-22-13-15-26(16-14-22)43-25-8-2-1-3-9-25)19-37-18-24(35-36-37)21-42-27-10-6-7-23(17-27)34-31(40)20-38-32(41)28-11-4-5-12-29(28)44-38/h1-18H,19-21H2,(H,33,39)(H,34,40). The zero-order valence-corrected chi connectivity index (χ0v) is 24.1. The maximum Gasteiger partial charge on any atom is 0.268 e. The summed E-state index contributed by atoms with van der Waals surface area (Å²) in [6.45, 7) is -0.00727. The topological polar surface area (TPSA) is 129 Å². The van der Waals surface area contributed by atoms with Crippen molar-refractivity contribution in [3.8, 4) is 17.2 Å². The average molecular weight is 607 g/mol. The Kier molecular flexibility index (Phi) is 8.41. The van der Waals surface area contributed by atoms with E-state index in [4.69, 9.17) is 9.47 Å².